The van der Waals surface area contributed by atoms with E-state index in [1.165, 1.54) is 0 Å². The number of fused-ring (bicyclic) bond motifs is 1. The second kappa shape index (κ2) is 2.13. The molecule has 0 radical (unpaired) electrons. The Kier molecular flexibility index (Phi) is 1.38. The average Bonchev–Trinajstić information content (AvgIpc) is 1.86. The number of amides is 1. The fourth-order valence-electron chi connectivity index (χ4n) is 1.35. The molecule has 2 aliphatic heterocycles. The largest absolute Gasteiger partial charge is 0.330 e. The van der Waals surface area contributed by atoms with Crippen molar-refractivity contribution in [1.29, 1.82) is 0 Å². The van der Waals surface area contributed by atoms with Crippen LogP contribution in [-0.2, 0) is 4.79 Å². The summed E-state index contributed by atoms with van der Waals surface area (Å²) in [5.41, 5.74) is 5.69. The molecule has 2 rings (SSSR count). The Morgan fingerprint density at radius 2 is 2.50 bits per heavy atom. The summed E-state index contributed by atoms with van der Waals surface area (Å²) in [6, 6.07) is 0. The molecule has 1 amide bonds. The molecule has 3 nitrogen and oxygen atoms in total. The van der Waals surface area contributed by atoms with Crippen molar-refractivity contribution < 1.29 is 4.79 Å². The first-order chi connectivity index (χ1) is 4.77. The van der Waals surface area contributed by atoms with E-state index in [2.05, 4.69) is 0 Å². The van der Waals surface area contributed by atoms with Gasteiger partial charge in [0.15, 0.2) is 0 Å². The van der Waals surface area contributed by atoms with Crippen molar-refractivity contribution in [1.82, 2.24) is 4.90 Å². The molecule has 10 heavy (non-hydrogen) atoms. The second-order valence-corrected chi connectivity index (χ2v) is 4.13. The summed E-state index contributed by atoms with van der Waals surface area (Å²) in [5.74, 6) is 0.296. The summed E-state index contributed by atoms with van der Waals surface area (Å²) < 4.78 is 0. The Morgan fingerprint density at radius 3 is 3.10 bits per heavy atom. The van der Waals surface area contributed by atoms with E-state index in [9.17, 15) is 4.79 Å². The number of carbonyl (C=O) groups excluding carboxylic acids is 1. The van der Waals surface area contributed by atoms with Crippen LogP contribution in [0.25, 0.3) is 0 Å². The minimum absolute atomic E-state index is 0.259. The van der Waals surface area contributed by atoms with Crippen LogP contribution in [0.15, 0.2) is 0 Å². The molecule has 2 N–H and O–H groups in total. The lowest BCUT2D eigenvalue weighted by Crippen LogP contribution is -2.55. The third-order valence-corrected chi connectivity index (χ3v) is 3.32. The predicted octanol–water partition coefficient (Wildman–Crippen LogP) is -0.0335. The first-order valence-corrected chi connectivity index (χ1v) is 4.42. The normalized spacial score (nSPS) is 38.9. The molecule has 56 valence electrons. The van der Waals surface area contributed by atoms with Gasteiger partial charge in [-0.2, -0.15) is 0 Å². The third-order valence-electron chi connectivity index (χ3n) is 2.00. The molecule has 4 heteroatoms. The highest BCUT2D eigenvalue weighted by Crippen LogP contribution is 2.35. The molecule has 2 aliphatic rings. The number of nitrogens with zero attached hydrogens (tertiary/aromatic N) is 1. The van der Waals surface area contributed by atoms with Gasteiger partial charge in [0.25, 0.3) is 0 Å². The average molecular weight is 158 g/mol. The van der Waals surface area contributed by atoms with E-state index in [4.69, 9.17) is 5.73 Å². The molecule has 2 saturated heterocycles. The van der Waals surface area contributed by atoms with E-state index >= 15 is 0 Å². The standard InChI is InChI=1S/C6H10N2OS/c7-4-1-2-8-5(9)3-6(8)10-4/h4,6H,1-3,7H2/t4?,6-/m1/s1. The maximum absolute atomic E-state index is 10.8. The molecule has 0 saturated carbocycles. The lowest BCUT2D eigenvalue weighted by molar-refractivity contribution is -0.141. The van der Waals surface area contributed by atoms with Crippen molar-refractivity contribution in [2.75, 3.05) is 6.54 Å². The van der Waals surface area contributed by atoms with Crippen molar-refractivity contribution in [2.24, 2.45) is 5.73 Å². The number of thioether (sulfide) groups is 1. The number of β-lactam (4-membered cyclic amide) rings is 1. The number of hydrogen-bond donors (Lipinski definition) is 1. The monoisotopic (exact) mass is 158 g/mol. The van der Waals surface area contributed by atoms with Crippen molar-refractivity contribution in [2.45, 2.75) is 23.6 Å². The van der Waals surface area contributed by atoms with Gasteiger partial charge in [-0.1, -0.05) is 0 Å². The van der Waals surface area contributed by atoms with E-state index in [-0.39, 0.29) is 5.37 Å². The number of nitrogens with two attached hydrogens (primary N) is 1. The number of rotatable bonds is 0. The summed E-state index contributed by atoms with van der Waals surface area (Å²) in [4.78, 5) is 12.8. The molecule has 0 aromatic heterocycles. The first kappa shape index (κ1) is 6.49. The highest BCUT2D eigenvalue weighted by molar-refractivity contribution is 8.00. The Labute approximate surface area is 63.9 Å². The van der Waals surface area contributed by atoms with Gasteiger partial charge >= 0.3 is 0 Å². The molecule has 0 bridgehead atoms. The topological polar surface area (TPSA) is 46.3 Å². The molecule has 2 heterocycles. The van der Waals surface area contributed by atoms with E-state index in [0.29, 0.717) is 17.7 Å². The zero-order valence-electron chi connectivity index (χ0n) is 5.62. The van der Waals surface area contributed by atoms with Gasteiger partial charge in [0.2, 0.25) is 5.91 Å². The van der Waals surface area contributed by atoms with Crippen LogP contribution in [0, 0.1) is 0 Å². The van der Waals surface area contributed by atoms with E-state index < -0.39 is 0 Å². The maximum Gasteiger partial charge on any atom is 0.226 e. The molecule has 0 aromatic carbocycles. The molecular formula is C6H10N2OS. The smallest absolute Gasteiger partial charge is 0.226 e. The van der Waals surface area contributed by atoms with Gasteiger partial charge in [-0.15, -0.1) is 11.8 Å². The van der Waals surface area contributed by atoms with Crippen LogP contribution in [0.1, 0.15) is 12.8 Å². The third kappa shape index (κ3) is 0.828. The minimum atomic E-state index is 0.259. The Hall–Kier alpha value is -0.220. The summed E-state index contributed by atoms with van der Waals surface area (Å²) in [5, 5.41) is 0.672. The highest BCUT2D eigenvalue weighted by atomic mass is 32.2. The second-order valence-electron chi connectivity index (χ2n) is 2.71. The molecule has 1 unspecified atom stereocenters. The van der Waals surface area contributed by atoms with Gasteiger partial charge in [-0.05, 0) is 6.42 Å². The maximum atomic E-state index is 10.8. The summed E-state index contributed by atoms with van der Waals surface area (Å²) in [6.45, 7) is 0.873. The first-order valence-electron chi connectivity index (χ1n) is 3.48. The predicted molar refractivity (Wildman–Crippen MR) is 40.3 cm³/mol. The molecule has 0 spiro atoms. The summed E-state index contributed by atoms with van der Waals surface area (Å²) >= 11 is 1.72. The lowest BCUT2D eigenvalue weighted by Gasteiger charge is -2.45. The molecule has 0 aliphatic carbocycles. The lowest BCUT2D eigenvalue weighted by atomic mass is 10.2. The Bertz CT molecular complexity index is 173. The van der Waals surface area contributed by atoms with Crippen LogP contribution < -0.4 is 5.73 Å². The molecule has 0 aromatic rings. The van der Waals surface area contributed by atoms with Crippen molar-refractivity contribution in [3.05, 3.63) is 0 Å². The van der Waals surface area contributed by atoms with Crippen LogP contribution in [0.2, 0.25) is 0 Å². The van der Waals surface area contributed by atoms with Gasteiger partial charge in [0.1, 0.15) is 0 Å². The van der Waals surface area contributed by atoms with Gasteiger partial charge in [-0.25, -0.2) is 0 Å². The zero-order chi connectivity index (χ0) is 7.14. The van der Waals surface area contributed by atoms with Gasteiger partial charge in [0.05, 0.1) is 17.2 Å². The molecular weight excluding hydrogens is 148 g/mol. The van der Waals surface area contributed by atoms with Crippen LogP contribution in [-0.4, -0.2) is 28.1 Å². The van der Waals surface area contributed by atoms with Gasteiger partial charge in [-0.3, -0.25) is 4.79 Å². The summed E-state index contributed by atoms with van der Waals surface area (Å²) in [6.07, 6.45) is 1.66. The van der Waals surface area contributed by atoms with Crippen LogP contribution in [0.4, 0.5) is 0 Å². The van der Waals surface area contributed by atoms with Crippen molar-refractivity contribution >= 4 is 17.7 Å². The van der Waals surface area contributed by atoms with E-state index in [0.717, 1.165) is 13.0 Å². The number of carbonyl (C=O) groups is 1. The van der Waals surface area contributed by atoms with Gasteiger partial charge < -0.3 is 10.6 Å². The van der Waals surface area contributed by atoms with Gasteiger partial charge in [0, 0.05) is 6.54 Å². The zero-order valence-corrected chi connectivity index (χ0v) is 6.43. The summed E-state index contributed by atoms with van der Waals surface area (Å²) in [7, 11) is 0. The Morgan fingerprint density at radius 1 is 1.70 bits per heavy atom. The number of hydrogen-bond acceptors (Lipinski definition) is 3. The SMILES string of the molecule is NC1CCN2C(=O)C[C@H]2S1. The van der Waals surface area contributed by atoms with Crippen LogP contribution >= 0.6 is 11.8 Å². The quantitative estimate of drug-likeness (QED) is 0.503. The molecule has 2 fully saturated rings. The van der Waals surface area contributed by atoms with E-state index in [1.54, 1.807) is 11.8 Å². The fraction of sp³-hybridized carbons (Fsp3) is 0.833. The Balaban J connectivity index is 1.99. The molecule has 2 atom stereocenters. The van der Waals surface area contributed by atoms with Crippen molar-refractivity contribution in [3.63, 3.8) is 0 Å². The van der Waals surface area contributed by atoms with Crippen LogP contribution in [0.3, 0.4) is 0 Å². The minimum Gasteiger partial charge on any atom is -0.330 e. The highest BCUT2D eigenvalue weighted by Gasteiger charge is 2.40. The van der Waals surface area contributed by atoms with E-state index in [1.807, 2.05) is 4.90 Å². The fourth-order valence-corrected chi connectivity index (χ4v) is 2.61. The van der Waals surface area contributed by atoms with Crippen LogP contribution in [0.5, 0.6) is 0 Å². The van der Waals surface area contributed by atoms with Crippen molar-refractivity contribution in [3.8, 4) is 0 Å².